The quantitative estimate of drug-likeness (QED) is 0.765. The molecule has 80 valence electrons. The van der Waals surface area contributed by atoms with Gasteiger partial charge in [0, 0.05) is 5.69 Å². The second kappa shape index (κ2) is 5.46. The van der Waals surface area contributed by atoms with Gasteiger partial charge in [-0.3, -0.25) is 4.79 Å². The normalized spacial score (nSPS) is 9.67. The average Bonchev–Trinajstić information content (AvgIpc) is 2.17. The number of carbonyl (C=O) groups excluding carboxylic acids is 1. The van der Waals surface area contributed by atoms with Crippen molar-refractivity contribution in [2.24, 2.45) is 5.73 Å². The van der Waals surface area contributed by atoms with Crippen molar-refractivity contribution in [2.75, 3.05) is 5.32 Å². The van der Waals surface area contributed by atoms with Crippen LogP contribution in [0.3, 0.4) is 0 Å². The zero-order valence-corrected chi connectivity index (χ0v) is 9.43. The summed E-state index contributed by atoms with van der Waals surface area (Å²) in [6, 6.07) is 7.71. The summed E-state index contributed by atoms with van der Waals surface area (Å²) in [4.78, 5) is 11.5. The first-order chi connectivity index (χ1) is 7.11. The number of carbonyl (C=O) groups is 1. The van der Waals surface area contributed by atoms with E-state index >= 15 is 0 Å². The summed E-state index contributed by atoms with van der Waals surface area (Å²) in [5.41, 5.74) is 7.27. The highest BCUT2D eigenvalue weighted by Gasteiger charge is 2.03. The van der Waals surface area contributed by atoms with Gasteiger partial charge in [0.25, 0.3) is 0 Å². The second-order valence-corrected chi connectivity index (χ2v) is 3.77. The van der Waals surface area contributed by atoms with E-state index in [1.165, 1.54) is 5.56 Å². The molecule has 0 aromatic heterocycles. The predicted octanol–water partition coefficient (Wildman–Crippen LogP) is 1.86. The molecular formula is C11H14N2OS. The fourth-order valence-corrected chi connectivity index (χ4v) is 1.32. The van der Waals surface area contributed by atoms with E-state index in [2.05, 4.69) is 24.5 Å². The summed E-state index contributed by atoms with van der Waals surface area (Å²) in [5.74, 6) is -0.174. The number of nitrogens with one attached hydrogen (secondary N) is 1. The van der Waals surface area contributed by atoms with Crippen LogP contribution < -0.4 is 11.1 Å². The Hall–Kier alpha value is -1.42. The van der Waals surface area contributed by atoms with E-state index in [0.29, 0.717) is 0 Å². The number of amides is 1. The van der Waals surface area contributed by atoms with Gasteiger partial charge in [0.15, 0.2) is 0 Å². The van der Waals surface area contributed by atoms with Crippen LogP contribution in [0.25, 0.3) is 0 Å². The fourth-order valence-electron chi connectivity index (χ4n) is 1.19. The molecule has 4 heteroatoms. The van der Waals surface area contributed by atoms with Gasteiger partial charge in [-0.2, -0.15) is 0 Å². The molecule has 1 rings (SSSR count). The van der Waals surface area contributed by atoms with Crippen LogP contribution >= 0.6 is 12.2 Å². The number of hydrogen-bond acceptors (Lipinski definition) is 2. The minimum absolute atomic E-state index is 0.0882. The Bertz CT molecular complexity index is 359. The van der Waals surface area contributed by atoms with Crippen molar-refractivity contribution in [3.8, 4) is 0 Å². The number of nitrogens with two attached hydrogens (primary N) is 1. The summed E-state index contributed by atoms with van der Waals surface area (Å²) in [6.45, 7) is 2.08. The summed E-state index contributed by atoms with van der Waals surface area (Å²) >= 11 is 4.64. The number of thiocarbonyl (C=S) groups is 1. The van der Waals surface area contributed by atoms with Gasteiger partial charge in [0.1, 0.15) is 0 Å². The van der Waals surface area contributed by atoms with Gasteiger partial charge in [-0.25, -0.2) is 0 Å². The van der Waals surface area contributed by atoms with Crippen molar-refractivity contribution >= 4 is 28.8 Å². The SMILES string of the molecule is CCc1ccc(NC(=O)CC(N)=S)cc1. The lowest BCUT2D eigenvalue weighted by molar-refractivity contribution is -0.115. The van der Waals surface area contributed by atoms with Crippen molar-refractivity contribution < 1.29 is 4.79 Å². The van der Waals surface area contributed by atoms with E-state index in [1.54, 1.807) is 0 Å². The van der Waals surface area contributed by atoms with Gasteiger partial charge in [-0.15, -0.1) is 0 Å². The molecule has 0 aliphatic heterocycles. The van der Waals surface area contributed by atoms with Crippen molar-refractivity contribution in [3.05, 3.63) is 29.8 Å². The lowest BCUT2D eigenvalue weighted by Crippen LogP contribution is -2.20. The van der Waals surface area contributed by atoms with E-state index in [-0.39, 0.29) is 17.3 Å². The van der Waals surface area contributed by atoms with E-state index in [1.807, 2.05) is 24.3 Å². The van der Waals surface area contributed by atoms with E-state index in [4.69, 9.17) is 5.73 Å². The van der Waals surface area contributed by atoms with Crippen molar-refractivity contribution in [1.29, 1.82) is 0 Å². The van der Waals surface area contributed by atoms with E-state index in [0.717, 1.165) is 12.1 Å². The number of aryl methyl sites for hydroxylation is 1. The highest BCUT2D eigenvalue weighted by atomic mass is 32.1. The van der Waals surface area contributed by atoms with Gasteiger partial charge >= 0.3 is 0 Å². The molecule has 15 heavy (non-hydrogen) atoms. The Morgan fingerprint density at radius 3 is 2.47 bits per heavy atom. The maximum Gasteiger partial charge on any atom is 0.231 e. The van der Waals surface area contributed by atoms with Crippen LogP contribution in [0.4, 0.5) is 5.69 Å². The molecule has 0 aliphatic carbocycles. The lowest BCUT2D eigenvalue weighted by Gasteiger charge is -2.04. The van der Waals surface area contributed by atoms with Gasteiger partial charge in [-0.1, -0.05) is 31.3 Å². The Balaban J connectivity index is 2.57. The van der Waals surface area contributed by atoms with Crippen LogP contribution in [0.1, 0.15) is 18.9 Å². The Labute approximate surface area is 94.7 Å². The first kappa shape index (κ1) is 11.7. The zero-order chi connectivity index (χ0) is 11.3. The van der Waals surface area contributed by atoms with Crippen molar-refractivity contribution in [1.82, 2.24) is 0 Å². The molecule has 0 saturated carbocycles. The lowest BCUT2D eigenvalue weighted by atomic mass is 10.1. The first-order valence-electron chi connectivity index (χ1n) is 4.79. The largest absolute Gasteiger partial charge is 0.393 e. The molecule has 0 aliphatic rings. The third-order valence-corrected chi connectivity index (χ3v) is 2.13. The maximum absolute atomic E-state index is 11.3. The Morgan fingerprint density at radius 1 is 1.40 bits per heavy atom. The summed E-state index contributed by atoms with van der Waals surface area (Å²) in [5, 5.41) is 2.72. The van der Waals surface area contributed by atoms with Crippen LogP contribution in [-0.4, -0.2) is 10.9 Å². The number of rotatable bonds is 4. The minimum atomic E-state index is -0.174. The highest BCUT2D eigenvalue weighted by Crippen LogP contribution is 2.10. The fraction of sp³-hybridized carbons (Fsp3) is 0.273. The molecule has 0 atom stereocenters. The van der Waals surface area contributed by atoms with E-state index in [9.17, 15) is 4.79 Å². The third kappa shape index (κ3) is 4.08. The standard InChI is InChI=1S/C11H14N2OS/c1-2-8-3-5-9(6-4-8)13-11(14)7-10(12)15/h3-6H,2,7H2,1H3,(H2,12,15)(H,13,14). The monoisotopic (exact) mass is 222 g/mol. The molecule has 1 aromatic carbocycles. The Kier molecular flexibility index (Phi) is 4.24. The second-order valence-electron chi connectivity index (χ2n) is 3.24. The minimum Gasteiger partial charge on any atom is -0.393 e. The van der Waals surface area contributed by atoms with Crippen LogP contribution in [0.2, 0.25) is 0 Å². The molecule has 1 aromatic rings. The third-order valence-electron chi connectivity index (χ3n) is 1.98. The van der Waals surface area contributed by atoms with Crippen LogP contribution in [0, 0.1) is 0 Å². The summed E-state index contributed by atoms with van der Waals surface area (Å²) < 4.78 is 0. The summed E-state index contributed by atoms with van der Waals surface area (Å²) in [7, 11) is 0. The molecule has 0 spiro atoms. The molecular weight excluding hydrogens is 208 g/mol. The average molecular weight is 222 g/mol. The summed E-state index contributed by atoms with van der Waals surface area (Å²) in [6.07, 6.45) is 1.08. The molecule has 0 fully saturated rings. The number of anilines is 1. The molecule has 3 N–H and O–H groups in total. The van der Waals surface area contributed by atoms with Gasteiger partial charge in [0.2, 0.25) is 5.91 Å². The Morgan fingerprint density at radius 2 is 2.00 bits per heavy atom. The van der Waals surface area contributed by atoms with Crippen LogP contribution in [0.5, 0.6) is 0 Å². The highest BCUT2D eigenvalue weighted by molar-refractivity contribution is 7.80. The van der Waals surface area contributed by atoms with Crippen molar-refractivity contribution in [3.63, 3.8) is 0 Å². The number of benzene rings is 1. The topological polar surface area (TPSA) is 55.1 Å². The van der Waals surface area contributed by atoms with Crippen LogP contribution in [-0.2, 0) is 11.2 Å². The maximum atomic E-state index is 11.3. The molecule has 0 bridgehead atoms. The van der Waals surface area contributed by atoms with Crippen molar-refractivity contribution in [2.45, 2.75) is 19.8 Å². The van der Waals surface area contributed by atoms with E-state index < -0.39 is 0 Å². The van der Waals surface area contributed by atoms with Gasteiger partial charge in [-0.05, 0) is 24.1 Å². The molecule has 1 amide bonds. The molecule has 3 nitrogen and oxygen atoms in total. The number of hydrogen-bond donors (Lipinski definition) is 2. The smallest absolute Gasteiger partial charge is 0.231 e. The molecule has 0 saturated heterocycles. The molecule has 0 unspecified atom stereocenters. The molecule has 0 heterocycles. The van der Waals surface area contributed by atoms with Gasteiger partial charge < -0.3 is 11.1 Å². The predicted molar refractivity (Wildman–Crippen MR) is 65.9 cm³/mol. The molecule has 0 radical (unpaired) electrons. The zero-order valence-electron chi connectivity index (χ0n) is 8.62. The first-order valence-corrected chi connectivity index (χ1v) is 5.19. The van der Waals surface area contributed by atoms with Gasteiger partial charge in [0.05, 0.1) is 11.4 Å². The van der Waals surface area contributed by atoms with Crippen LogP contribution in [0.15, 0.2) is 24.3 Å².